The van der Waals surface area contributed by atoms with Crippen molar-refractivity contribution in [1.82, 2.24) is 10.7 Å². The highest BCUT2D eigenvalue weighted by Crippen LogP contribution is 2.61. The van der Waals surface area contributed by atoms with Gasteiger partial charge in [-0.1, -0.05) is 17.7 Å². The molecule has 0 heterocycles. The molecular weight excluding hydrogens is 350 g/mol. The maximum Gasteiger partial charge on any atom is 0.257 e. The van der Waals surface area contributed by atoms with Crippen molar-refractivity contribution < 1.29 is 9.59 Å². The van der Waals surface area contributed by atoms with E-state index in [0.29, 0.717) is 13.0 Å². The molecule has 0 radical (unpaired) electrons. The van der Waals surface area contributed by atoms with E-state index in [2.05, 4.69) is 10.7 Å². The van der Waals surface area contributed by atoms with Gasteiger partial charge in [0.1, 0.15) is 0 Å². The van der Waals surface area contributed by atoms with Crippen molar-refractivity contribution in [2.75, 3.05) is 18.1 Å². The van der Waals surface area contributed by atoms with Gasteiger partial charge in [0.25, 0.3) is 5.91 Å². The molecule has 0 atom stereocenters. The summed E-state index contributed by atoms with van der Waals surface area (Å²) in [6.45, 7) is 4.73. The molecule has 4 fully saturated rings. The Labute approximate surface area is 168 Å². The van der Waals surface area contributed by atoms with Gasteiger partial charge in [-0.05, 0) is 87.7 Å². The number of hydrogen-bond acceptors (Lipinski definition) is 3. The monoisotopic (exact) mass is 383 g/mol. The molecule has 4 saturated carbocycles. The molecule has 0 unspecified atom stereocenters. The SMILES string of the molecule is CCN(NC(=O)CNC(=O)CC12CC3CC(CC(C3)C1)C2)c1ccc(C)cc1. The smallest absolute Gasteiger partial charge is 0.257 e. The first-order chi connectivity index (χ1) is 13.4. The van der Waals surface area contributed by atoms with Crippen molar-refractivity contribution in [2.24, 2.45) is 23.2 Å². The summed E-state index contributed by atoms with van der Waals surface area (Å²) in [6.07, 6.45) is 8.40. The van der Waals surface area contributed by atoms with Crippen LogP contribution in [0.5, 0.6) is 0 Å². The summed E-state index contributed by atoms with van der Waals surface area (Å²) < 4.78 is 0. The highest BCUT2D eigenvalue weighted by molar-refractivity contribution is 5.85. The number of rotatable bonds is 7. The minimum atomic E-state index is -0.179. The van der Waals surface area contributed by atoms with E-state index in [4.69, 9.17) is 0 Å². The number of anilines is 1. The van der Waals surface area contributed by atoms with E-state index >= 15 is 0 Å². The maximum atomic E-state index is 12.6. The Morgan fingerprint density at radius 3 is 2.11 bits per heavy atom. The van der Waals surface area contributed by atoms with Crippen LogP contribution in [0.25, 0.3) is 0 Å². The number of benzene rings is 1. The Bertz CT molecular complexity index is 693. The molecule has 5 heteroatoms. The Balaban J connectivity index is 1.26. The number of nitrogens with one attached hydrogen (secondary N) is 2. The van der Waals surface area contributed by atoms with Gasteiger partial charge in [0.05, 0.1) is 12.2 Å². The maximum absolute atomic E-state index is 12.6. The molecule has 0 aliphatic heterocycles. The van der Waals surface area contributed by atoms with Crippen molar-refractivity contribution in [2.45, 2.75) is 58.8 Å². The van der Waals surface area contributed by atoms with E-state index in [-0.39, 0.29) is 23.8 Å². The molecule has 5 rings (SSSR count). The zero-order valence-corrected chi connectivity index (χ0v) is 17.2. The lowest BCUT2D eigenvalue weighted by Crippen LogP contribution is -2.49. The molecule has 0 spiro atoms. The molecular formula is C23H33N3O2. The first-order valence-corrected chi connectivity index (χ1v) is 10.8. The van der Waals surface area contributed by atoms with Crippen LogP contribution in [0.3, 0.4) is 0 Å². The molecule has 152 valence electrons. The van der Waals surface area contributed by atoms with Gasteiger partial charge < -0.3 is 5.32 Å². The summed E-state index contributed by atoms with van der Waals surface area (Å²) in [5, 5.41) is 4.68. The lowest BCUT2D eigenvalue weighted by Gasteiger charge is -2.56. The van der Waals surface area contributed by atoms with E-state index in [1.807, 2.05) is 43.1 Å². The molecule has 4 bridgehead atoms. The van der Waals surface area contributed by atoms with E-state index < -0.39 is 0 Å². The van der Waals surface area contributed by atoms with Gasteiger partial charge in [-0.15, -0.1) is 0 Å². The Morgan fingerprint density at radius 1 is 1.00 bits per heavy atom. The van der Waals surface area contributed by atoms with Crippen molar-refractivity contribution >= 4 is 17.5 Å². The average Bonchev–Trinajstić information content (AvgIpc) is 2.64. The number of nitrogens with zero attached hydrogens (tertiary/aromatic N) is 1. The predicted molar refractivity (Wildman–Crippen MR) is 111 cm³/mol. The molecule has 2 N–H and O–H groups in total. The molecule has 2 amide bonds. The fourth-order valence-corrected chi connectivity index (χ4v) is 6.33. The zero-order valence-electron chi connectivity index (χ0n) is 17.2. The van der Waals surface area contributed by atoms with Crippen LogP contribution in [0.1, 0.15) is 57.4 Å². The zero-order chi connectivity index (χ0) is 19.7. The second kappa shape index (κ2) is 7.76. The van der Waals surface area contributed by atoms with E-state index in [1.54, 1.807) is 0 Å². The van der Waals surface area contributed by atoms with Crippen LogP contribution >= 0.6 is 0 Å². The van der Waals surface area contributed by atoms with Crippen molar-refractivity contribution in [1.29, 1.82) is 0 Å². The number of carbonyl (C=O) groups is 2. The van der Waals surface area contributed by atoms with Crippen LogP contribution in [0.4, 0.5) is 5.69 Å². The van der Waals surface area contributed by atoms with Crippen LogP contribution in [-0.2, 0) is 9.59 Å². The topological polar surface area (TPSA) is 61.4 Å². The lowest BCUT2D eigenvalue weighted by atomic mass is 9.49. The summed E-state index contributed by atoms with van der Waals surface area (Å²) in [6, 6.07) is 8.03. The summed E-state index contributed by atoms with van der Waals surface area (Å²) in [5.41, 5.74) is 5.24. The largest absolute Gasteiger partial charge is 0.347 e. The lowest BCUT2D eigenvalue weighted by molar-refractivity contribution is -0.132. The number of hydrogen-bond donors (Lipinski definition) is 2. The highest BCUT2D eigenvalue weighted by Gasteiger charge is 2.51. The van der Waals surface area contributed by atoms with E-state index in [9.17, 15) is 9.59 Å². The second-order valence-electron chi connectivity index (χ2n) is 9.49. The summed E-state index contributed by atoms with van der Waals surface area (Å²) in [7, 11) is 0. The normalized spacial score (nSPS) is 30.1. The fraction of sp³-hybridized carbons (Fsp3) is 0.652. The molecule has 4 aliphatic rings. The number of carbonyl (C=O) groups excluding carboxylic acids is 2. The number of amides is 2. The van der Waals surface area contributed by atoms with Crippen LogP contribution < -0.4 is 15.8 Å². The third kappa shape index (κ3) is 4.18. The van der Waals surface area contributed by atoms with Gasteiger partial charge in [-0.3, -0.25) is 20.0 Å². The van der Waals surface area contributed by atoms with E-state index in [1.165, 1.54) is 44.1 Å². The minimum absolute atomic E-state index is 0.0353. The third-order valence-electron chi connectivity index (χ3n) is 7.07. The molecule has 28 heavy (non-hydrogen) atoms. The third-order valence-corrected chi connectivity index (χ3v) is 7.07. The number of hydrazine groups is 1. The average molecular weight is 384 g/mol. The second-order valence-corrected chi connectivity index (χ2v) is 9.49. The van der Waals surface area contributed by atoms with Crippen molar-refractivity contribution in [3.05, 3.63) is 29.8 Å². The van der Waals surface area contributed by atoms with E-state index in [0.717, 1.165) is 23.4 Å². The molecule has 0 aromatic heterocycles. The molecule has 0 saturated heterocycles. The first kappa shape index (κ1) is 19.3. The van der Waals surface area contributed by atoms with Crippen LogP contribution in [0, 0.1) is 30.1 Å². The van der Waals surface area contributed by atoms with Crippen LogP contribution in [-0.4, -0.2) is 24.9 Å². The van der Waals surface area contributed by atoms with Gasteiger partial charge >= 0.3 is 0 Å². The highest BCUT2D eigenvalue weighted by atomic mass is 16.2. The van der Waals surface area contributed by atoms with Crippen LogP contribution in [0.2, 0.25) is 0 Å². The van der Waals surface area contributed by atoms with Gasteiger partial charge in [-0.25, -0.2) is 0 Å². The quantitative estimate of drug-likeness (QED) is 0.708. The van der Waals surface area contributed by atoms with Gasteiger partial charge in [0.2, 0.25) is 5.91 Å². The van der Waals surface area contributed by atoms with Crippen molar-refractivity contribution in [3.8, 4) is 0 Å². The Hall–Kier alpha value is -2.04. The first-order valence-electron chi connectivity index (χ1n) is 10.8. The summed E-state index contributed by atoms with van der Waals surface area (Å²) in [5.74, 6) is 2.39. The molecule has 5 nitrogen and oxygen atoms in total. The predicted octanol–water partition coefficient (Wildman–Crippen LogP) is 3.58. The number of aryl methyl sites for hydroxylation is 1. The van der Waals surface area contributed by atoms with Gasteiger partial charge in [0, 0.05) is 13.0 Å². The summed E-state index contributed by atoms with van der Waals surface area (Å²) in [4.78, 5) is 24.9. The minimum Gasteiger partial charge on any atom is -0.347 e. The molecule has 1 aromatic carbocycles. The van der Waals surface area contributed by atoms with Gasteiger partial charge in [0.15, 0.2) is 0 Å². The fourth-order valence-electron chi connectivity index (χ4n) is 6.33. The summed E-state index contributed by atoms with van der Waals surface area (Å²) >= 11 is 0. The standard InChI is InChI=1S/C23H33N3O2/c1-3-26(20-6-4-16(2)5-7-20)25-22(28)15-24-21(27)14-23-11-17-8-18(12-23)10-19(9-17)13-23/h4-7,17-19H,3,8-15H2,1-2H3,(H,24,27)(H,25,28). The van der Waals surface area contributed by atoms with Gasteiger partial charge in [-0.2, -0.15) is 0 Å². The molecule has 1 aromatic rings. The Kier molecular flexibility index (Phi) is 5.35. The van der Waals surface area contributed by atoms with Crippen LogP contribution in [0.15, 0.2) is 24.3 Å². The molecule has 4 aliphatic carbocycles. The Morgan fingerprint density at radius 2 is 1.57 bits per heavy atom. The van der Waals surface area contributed by atoms with Crippen molar-refractivity contribution in [3.63, 3.8) is 0 Å².